The molecule has 2 heterocycles. The molecule has 0 unspecified atom stereocenters. The molecule has 0 saturated heterocycles. The van der Waals surface area contributed by atoms with Crippen LogP contribution in [0.3, 0.4) is 0 Å². The number of hydrogen-bond acceptors (Lipinski definition) is 6. The third kappa shape index (κ3) is 2.68. The molecule has 0 aliphatic rings. The van der Waals surface area contributed by atoms with Gasteiger partial charge in [0.2, 0.25) is 5.95 Å². The zero-order chi connectivity index (χ0) is 16.4. The minimum absolute atomic E-state index is 0.469. The third-order valence-electron chi connectivity index (χ3n) is 3.61. The Morgan fingerprint density at radius 1 is 1.04 bits per heavy atom. The summed E-state index contributed by atoms with van der Waals surface area (Å²) in [5.74, 6) is 0.493. The van der Waals surface area contributed by atoms with Gasteiger partial charge in [-0.15, -0.1) is 5.10 Å². The summed E-state index contributed by atoms with van der Waals surface area (Å²) in [5.41, 5.74) is 9.79. The van der Waals surface area contributed by atoms with Crippen LogP contribution in [0.2, 0.25) is 0 Å². The molecular formula is C17H15N7. The zero-order valence-electron chi connectivity index (χ0n) is 12.8. The fraction of sp³-hybridized carbons (Fsp3) is 0.0588. The van der Waals surface area contributed by atoms with Crippen LogP contribution in [0.25, 0.3) is 16.9 Å². The number of aromatic nitrogens is 5. The first-order valence-corrected chi connectivity index (χ1v) is 7.53. The molecule has 2 aromatic heterocycles. The minimum atomic E-state index is 0.469. The molecule has 118 valence electrons. The molecule has 0 amide bonds. The summed E-state index contributed by atoms with van der Waals surface area (Å²) in [6, 6.07) is 17.6. The van der Waals surface area contributed by atoms with Gasteiger partial charge in [0, 0.05) is 12.2 Å². The van der Waals surface area contributed by atoms with Crippen LogP contribution >= 0.6 is 0 Å². The Morgan fingerprint density at radius 3 is 2.75 bits per heavy atom. The SMILES string of the molecule is NCc1cccc(-n2nnc3cnc(Nc4ccccc4)nc32)c1. The molecule has 0 spiro atoms. The molecule has 0 aliphatic carbocycles. The van der Waals surface area contributed by atoms with E-state index in [0.717, 1.165) is 16.9 Å². The molecule has 7 heteroatoms. The first kappa shape index (κ1) is 14.3. The largest absolute Gasteiger partial charge is 0.326 e. The van der Waals surface area contributed by atoms with Crippen molar-refractivity contribution in [2.45, 2.75) is 6.54 Å². The first-order valence-electron chi connectivity index (χ1n) is 7.53. The normalized spacial score (nSPS) is 10.9. The second-order valence-electron chi connectivity index (χ2n) is 5.27. The average Bonchev–Trinajstić information content (AvgIpc) is 3.06. The summed E-state index contributed by atoms with van der Waals surface area (Å²) in [6.45, 7) is 0.469. The maximum Gasteiger partial charge on any atom is 0.229 e. The lowest BCUT2D eigenvalue weighted by Crippen LogP contribution is -2.03. The van der Waals surface area contributed by atoms with E-state index in [9.17, 15) is 0 Å². The summed E-state index contributed by atoms with van der Waals surface area (Å²) in [5, 5.41) is 11.5. The predicted octanol–water partition coefficient (Wildman–Crippen LogP) is 2.41. The maximum absolute atomic E-state index is 5.71. The summed E-state index contributed by atoms with van der Waals surface area (Å²) in [6.07, 6.45) is 1.66. The van der Waals surface area contributed by atoms with Crippen molar-refractivity contribution in [3.63, 3.8) is 0 Å². The van der Waals surface area contributed by atoms with Crippen molar-refractivity contribution in [3.05, 3.63) is 66.4 Å². The highest BCUT2D eigenvalue weighted by Gasteiger charge is 2.10. The monoisotopic (exact) mass is 317 g/mol. The maximum atomic E-state index is 5.71. The van der Waals surface area contributed by atoms with Crippen molar-refractivity contribution in [1.82, 2.24) is 25.0 Å². The quantitative estimate of drug-likeness (QED) is 0.600. The van der Waals surface area contributed by atoms with Crippen LogP contribution in [0, 0.1) is 0 Å². The van der Waals surface area contributed by atoms with E-state index in [4.69, 9.17) is 5.73 Å². The highest BCUT2D eigenvalue weighted by atomic mass is 15.4. The second kappa shape index (κ2) is 6.05. The smallest absolute Gasteiger partial charge is 0.229 e. The van der Waals surface area contributed by atoms with Crippen molar-refractivity contribution in [2.75, 3.05) is 5.32 Å². The number of nitrogens with zero attached hydrogens (tertiary/aromatic N) is 5. The van der Waals surface area contributed by atoms with E-state index in [0.29, 0.717) is 23.7 Å². The van der Waals surface area contributed by atoms with Gasteiger partial charge in [-0.2, -0.15) is 9.67 Å². The molecule has 4 rings (SSSR count). The van der Waals surface area contributed by atoms with Crippen LogP contribution in [0.5, 0.6) is 0 Å². The lowest BCUT2D eigenvalue weighted by Gasteiger charge is -2.06. The van der Waals surface area contributed by atoms with E-state index in [2.05, 4.69) is 25.6 Å². The number of hydrogen-bond donors (Lipinski definition) is 2. The van der Waals surface area contributed by atoms with Crippen LogP contribution in [0.1, 0.15) is 5.56 Å². The topological polar surface area (TPSA) is 94.5 Å². The second-order valence-corrected chi connectivity index (χ2v) is 5.27. The van der Waals surface area contributed by atoms with Crippen LogP contribution in [-0.4, -0.2) is 25.0 Å². The standard InChI is InChI=1S/C17H15N7/c18-10-12-5-4-8-14(9-12)24-16-15(22-23-24)11-19-17(21-16)20-13-6-2-1-3-7-13/h1-9,11H,10,18H2,(H,19,20,21). The van der Waals surface area contributed by atoms with Crippen molar-refractivity contribution >= 4 is 22.8 Å². The Balaban J connectivity index is 1.76. The summed E-state index contributed by atoms with van der Waals surface area (Å²) in [4.78, 5) is 8.83. The van der Waals surface area contributed by atoms with Gasteiger partial charge < -0.3 is 11.1 Å². The summed E-state index contributed by atoms with van der Waals surface area (Å²) >= 11 is 0. The lowest BCUT2D eigenvalue weighted by atomic mass is 10.2. The number of nitrogens with two attached hydrogens (primary N) is 1. The molecule has 0 saturated carbocycles. The van der Waals surface area contributed by atoms with Gasteiger partial charge in [-0.3, -0.25) is 0 Å². The van der Waals surface area contributed by atoms with Crippen LogP contribution < -0.4 is 11.1 Å². The van der Waals surface area contributed by atoms with Crippen molar-refractivity contribution in [1.29, 1.82) is 0 Å². The molecular weight excluding hydrogens is 302 g/mol. The van der Waals surface area contributed by atoms with Gasteiger partial charge in [-0.1, -0.05) is 35.5 Å². The lowest BCUT2D eigenvalue weighted by molar-refractivity contribution is 0.815. The first-order chi connectivity index (χ1) is 11.8. The molecule has 4 aromatic rings. The van der Waals surface area contributed by atoms with Crippen molar-refractivity contribution < 1.29 is 0 Å². The fourth-order valence-corrected chi connectivity index (χ4v) is 2.43. The molecule has 7 nitrogen and oxygen atoms in total. The Hall–Kier alpha value is -3.32. The van der Waals surface area contributed by atoms with E-state index in [1.807, 2.05) is 54.6 Å². The fourth-order valence-electron chi connectivity index (χ4n) is 2.43. The Kier molecular flexibility index (Phi) is 3.60. The summed E-state index contributed by atoms with van der Waals surface area (Å²) < 4.78 is 1.69. The highest BCUT2D eigenvalue weighted by molar-refractivity contribution is 5.72. The number of fused-ring (bicyclic) bond motifs is 1. The third-order valence-corrected chi connectivity index (χ3v) is 3.61. The number of para-hydroxylation sites is 1. The van der Waals surface area contributed by atoms with E-state index < -0.39 is 0 Å². The molecule has 2 aromatic carbocycles. The molecule has 0 aliphatic heterocycles. The van der Waals surface area contributed by atoms with Gasteiger partial charge in [-0.25, -0.2) is 4.98 Å². The van der Waals surface area contributed by atoms with Crippen LogP contribution in [-0.2, 0) is 6.54 Å². The van der Waals surface area contributed by atoms with E-state index >= 15 is 0 Å². The van der Waals surface area contributed by atoms with Crippen LogP contribution in [0.4, 0.5) is 11.6 Å². The van der Waals surface area contributed by atoms with E-state index in [1.54, 1.807) is 10.9 Å². The van der Waals surface area contributed by atoms with Gasteiger partial charge in [0.1, 0.15) is 0 Å². The van der Waals surface area contributed by atoms with E-state index in [1.165, 1.54) is 0 Å². The van der Waals surface area contributed by atoms with Crippen molar-refractivity contribution in [2.24, 2.45) is 5.73 Å². The molecule has 3 N–H and O–H groups in total. The van der Waals surface area contributed by atoms with Gasteiger partial charge >= 0.3 is 0 Å². The van der Waals surface area contributed by atoms with Gasteiger partial charge in [-0.05, 0) is 29.8 Å². The molecule has 0 radical (unpaired) electrons. The molecule has 0 atom stereocenters. The number of anilines is 2. The number of benzene rings is 2. The number of rotatable bonds is 4. The van der Waals surface area contributed by atoms with Gasteiger partial charge in [0.05, 0.1) is 11.9 Å². The summed E-state index contributed by atoms with van der Waals surface area (Å²) in [7, 11) is 0. The number of nitrogens with one attached hydrogen (secondary N) is 1. The van der Waals surface area contributed by atoms with Crippen molar-refractivity contribution in [3.8, 4) is 5.69 Å². The highest BCUT2D eigenvalue weighted by Crippen LogP contribution is 2.18. The van der Waals surface area contributed by atoms with Crippen LogP contribution in [0.15, 0.2) is 60.8 Å². The Morgan fingerprint density at radius 2 is 1.92 bits per heavy atom. The van der Waals surface area contributed by atoms with Gasteiger partial charge in [0.25, 0.3) is 0 Å². The minimum Gasteiger partial charge on any atom is -0.326 e. The molecule has 0 bridgehead atoms. The predicted molar refractivity (Wildman–Crippen MR) is 92.1 cm³/mol. The Labute approximate surface area is 138 Å². The van der Waals surface area contributed by atoms with Gasteiger partial charge in [0.15, 0.2) is 11.2 Å². The zero-order valence-corrected chi connectivity index (χ0v) is 12.8. The average molecular weight is 317 g/mol. The molecule has 24 heavy (non-hydrogen) atoms. The Bertz CT molecular complexity index is 979. The molecule has 0 fully saturated rings. The van der Waals surface area contributed by atoms with E-state index in [-0.39, 0.29) is 0 Å².